The van der Waals surface area contributed by atoms with Crippen LogP contribution in [0.15, 0.2) is 65.9 Å². The average molecular weight is 316 g/mol. The third-order valence-electron chi connectivity index (χ3n) is 2.64. The SMILES string of the molecule is C=C/C=C(\C=C/N)c1c[nH]nc1-c1ccc(Br)cc1. The second-order valence-electron chi connectivity index (χ2n) is 3.87. The fraction of sp³-hybridized carbons (Fsp3) is 0. The van der Waals surface area contributed by atoms with Crippen LogP contribution in [0, 0.1) is 0 Å². The van der Waals surface area contributed by atoms with E-state index in [0.29, 0.717) is 0 Å². The van der Waals surface area contributed by atoms with Crippen molar-refractivity contribution < 1.29 is 0 Å². The molecular weight excluding hydrogens is 302 g/mol. The molecule has 4 heteroatoms. The highest BCUT2D eigenvalue weighted by molar-refractivity contribution is 9.10. The smallest absolute Gasteiger partial charge is 0.0999 e. The molecule has 0 radical (unpaired) electrons. The topological polar surface area (TPSA) is 54.7 Å². The van der Waals surface area contributed by atoms with Crippen LogP contribution in [0.5, 0.6) is 0 Å². The molecule has 0 aliphatic carbocycles. The van der Waals surface area contributed by atoms with Crippen LogP contribution < -0.4 is 5.73 Å². The second-order valence-corrected chi connectivity index (χ2v) is 4.79. The number of H-pyrrole nitrogens is 1. The molecular formula is C15H14BrN3. The number of hydrogen-bond donors (Lipinski definition) is 2. The van der Waals surface area contributed by atoms with Gasteiger partial charge >= 0.3 is 0 Å². The van der Waals surface area contributed by atoms with Gasteiger partial charge in [-0.3, -0.25) is 5.10 Å². The van der Waals surface area contributed by atoms with E-state index in [-0.39, 0.29) is 0 Å². The summed E-state index contributed by atoms with van der Waals surface area (Å²) in [6, 6.07) is 8.01. The largest absolute Gasteiger partial charge is 0.405 e. The number of aromatic nitrogens is 2. The Kier molecular flexibility index (Phi) is 4.36. The molecule has 0 aliphatic rings. The van der Waals surface area contributed by atoms with Crippen molar-refractivity contribution in [1.29, 1.82) is 0 Å². The fourth-order valence-electron chi connectivity index (χ4n) is 1.80. The lowest BCUT2D eigenvalue weighted by molar-refractivity contribution is 1.10. The number of nitrogens with zero attached hydrogens (tertiary/aromatic N) is 1. The van der Waals surface area contributed by atoms with Crippen molar-refractivity contribution in [2.75, 3.05) is 0 Å². The molecule has 1 aromatic carbocycles. The maximum absolute atomic E-state index is 5.48. The number of hydrogen-bond acceptors (Lipinski definition) is 2. The summed E-state index contributed by atoms with van der Waals surface area (Å²) >= 11 is 3.43. The van der Waals surface area contributed by atoms with Crippen LogP contribution in [0.2, 0.25) is 0 Å². The highest BCUT2D eigenvalue weighted by atomic mass is 79.9. The first-order chi connectivity index (χ1) is 9.26. The van der Waals surface area contributed by atoms with Crippen LogP contribution in [-0.4, -0.2) is 10.2 Å². The van der Waals surface area contributed by atoms with E-state index < -0.39 is 0 Å². The average Bonchev–Trinajstić information content (AvgIpc) is 2.88. The Balaban J connectivity index is 2.50. The first-order valence-electron chi connectivity index (χ1n) is 5.77. The maximum atomic E-state index is 5.48. The Morgan fingerprint density at radius 2 is 2.05 bits per heavy atom. The van der Waals surface area contributed by atoms with E-state index in [4.69, 9.17) is 5.73 Å². The van der Waals surface area contributed by atoms with Crippen LogP contribution >= 0.6 is 15.9 Å². The van der Waals surface area contributed by atoms with E-state index in [1.54, 1.807) is 6.08 Å². The van der Waals surface area contributed by atoms with Gasteiger partial charge in [0, 0.05) is 21.8 Å². The quantitative estimate of drug-likeness (QED) is 0.841. The zero-order valence-electron chi connectivity index (χ0n) is 10.3. The highest BCUT2D eigenvalue weighted by Gasteiger charge is 2.10. The first-order valence-corrected chi connectivity index (χ1v) is 6.56. The highest BCUT2D eigenvalue weighted by Crippen LogP contribution is 2.28. The Bertz CT molecular complexity index is 621. The van der Waals surface area contributed by atoms with E-state index in [9.17, 15) is 0 Å². The molecule has 0 aliphatic heterocycles. The minimum atomic E-state index is 0.888. The Hall–Kier alpha value is -2.07. The van der Waals surface area contributed by atoms with Crippen molar-refractivity contribution in [2.45, 2.75) is 0 Å². The molecule has 0 unspecified atom stereocenters. The van der Waals surface area contributed by atoms with Gasteiger partial charge < -0.3 is 5.73 Å². The number of aromatic amines is 1. The monoisotopic (exact) mass is 315 g/mol. The standard InChI is InChI=1S/C15H14BrN3/c1-2-3-11(8-9-17)14-10-18-19-15(14)12-4-6-13(16)7-5-12/h2-10H,1,17H2,(H,18,19)/b9-8-,11-3+. The molecule has 0 fully saturated rings. The van der Waals surface area contributed by atoms with E-state index in [1.807, 2.05) is 42.6 Å². The predicted octanol–water partition coefficient (Wildman–Crippen LogP) is 3.88. The zero-order valence-corrected chi connectivity index (χ0v) is 11.9. The molecule has 1 aromatic heterocycles. The lowest BCUT2D eigenvalue weighted by Gasteiger charge is -2.03. The summed E-state index contributed by atoms with van der Waals surface area (Å²) in [5, 5.41) is 7.21. The first kappa shape index (κ1) is 13.4. The Labute approximate surface area is 120 Å². The van der Waals surface area contributed by atoms with Crippen molar-refractivity contribution in [1.82, 2.24) is 10.2 Å². The van der Waals surface area contributed by atoms with Crippen LogP contribution in [0.1, 0.15) is 5.56 Å². The van der Waals surface area contributed by atoms with Gasteiger partial charge in [-0.2, -0.15) is 5.10 Å². The van der Waals surface area contributed by atoms with Gasteiger partial charge in [-0.25, -0.2) is 0 Å². The van der Waals surface area contributed by atoms with E-state index in [2.05, 4.69) is 32.7 Å². The van der Waals surface area contributed by atoms with Crippen LogP contribution in [0.3, 0.4) is 0 Å². The molecule has 0 saturated heterocycles. The summed E-state index contributed by atoms with van der Waals surface area (Å²) < 4.78 is 1.04. The van der Waals surface area contributed by atoms with Gasteiger partial charge in [-0.05, 0) is 30.0 Å². The van der Waals surface area contributed by atoms with Crippen molar-refractivity contribution in [2.24, 2.45) is 5.73 Å². The molecule has 3 nitrogen and oxygen atoms in total. The minimum Gasteiger partial charge on any atom is -0.405 e. The summed E-state index contributed by atoms with van der Waals surface area (Å²) in [6.07, 6.45) is 8.82. The molecule has 0 saturated carbocycles. The van der Waals surface area contributed by atoms with Crippen molar-refractivity contribution in [3.63, 3.8) is 0 Å². The molecule has 96 valence electrons. The van der Waals surface area contributed by atoms with Crippen molar-refractivity contribution in [3.8, 4) is 11.3 Å². The lowest BCUT2D eigenvalue weighted by Crippen LogP contribution is -1.86. The number of allylic oxidation sites excluding steroid dienone is 4. The number of nitrogens with two attached hydrogens (primary N) is 1. The van der Waals surface area contributed by atoms with Gasteiger partial charge in [0.2, 0.25) is 0 Å². The summed E-state index contributed by atoms with van der Waals surface area (Å²) in [5.74, 6) is 0. The maximum Gasteiger partial charge on any atom is 0.0999 e. The molecule has 0 bridgehead atoms. The zero-order chi connectivity index (χ0) is 13.7. The van der Waals surface area contributed by atoms with Gasteiger partial charge in [0.1, 0.15) is 0 Å². The fourth-order valence-corrected chi connectivity index (χ4v) is 2.07. The Morgan fingerprint density at radius 1 is 1.32 bits per heavy atom. The van der Waals surface area contributed by atoms with Crippen LogP contribution in [0.25, 0.3) is 16.8 Å². The third-order valence-corrected chi connectivity index (χ3v) is 3.17. The molecule has 3 N–H and O–H groups in total. The molecule has 2 aromatic rings. The number of rotatable bonds is 4. The minimum absolute atomic E-state index is 0.888. The molecule has 0 atom stereocenters. The van der Waals surface area contributed by atoms with E-state index in [0.717, 1.165) is 26.9 Å². The van der Waals surface area contributed by atoms with Crippen molar-refractivity contribution in [3.05, 3.63) is 71.5 Å². The van der Waals surface area contributed by atoms with E-state index in [1.165, 1.54) is 6.20 Å². The molecule has 2 rings (SSSR count). The van der Waals surface area contributed by atoms with Gasteiger partial charge in [0.05, 0.1) is 5.69 Å². The van der Waals surface area contributed by atoms with Gasteiger partial charge in [-0.15, -0.1) is 0 Å². The molecule has 1 heterocycles. The molecule has 19 heavy (non-hydrogen) atoms. The van der Waals surface area contributed by atoms with Crippen molar-refractivity contribution >= 4 is 21.5 Å². The van der Waals surface area contributed by atoms with Crippen LogP contribution in [-0.2, 0) is 0 Å². The second kappa shape index (κ2) is 6.20. The summed E-state index contributed by atoms with van der Waals surface area (Å²) in [6.45, 7) is 3.72. The number of halogens is 1. The van der Waals surface area contributed by atoms with E-state index >= 15 is 0 Å². The third kappa shape index (κ3) is 3.03. The summed E-state index contributed by atoms with van der Waals surface area (Å²) in [7, 11) is 0. The molecule has 0 amide bonds. The normalized spacial score (nSPS) is 11.9. The van der Waals surface area contributed by atoms with Gasteiger partial charge in [0.25, 0.3) is 0 Å². The predicted molar refractivity (Wildman–Crippen MR) is 83.2 cm³/mol. The number of nitrogens with one attached hydrogen (secondary N) is 1. The van der Waals surface area contributed by atoms with Gasteiger partial charge in [-0.1, -0.05) is 46.8 Å². The van der Waals surface area contributed by atoms with Gasteiger partial charge in [0.15, 0.2) is 0 Å². The lowest BCUT2D eigenvalue weighted by atomic mass is 10.0. The Morgan fingerprint density at radius 3 is 2.68 bits per heavy atom. The molecule has 0 spiro atoms. The number of benzene rings is 1. The van der Waals surface area contributed by atoms with Crippen LogP contribution in [0.4, 0.5) is 0 Å². The summed E-state index contributed by atoms with van der Waals surface area (Å²) in [4.78, 5) is 0. The summed E-state index contributed by atoms with van der Waals surface area (Å²) in [5.41, 5.74) is 9.36.